The standard InChI is InChI=1S/C21H25FN2O3/c1-27-19-10-6-16(7-11-19)20(13-15-4-8-17(22)9-5-15)23-21(26)24-12-2-3-18(25)14-24/h4-11,18,20,25H,2-3,12-14H2,1H3,(H,23,26)/t18-,20-/m1/s1. The molecular weight excluding hydrogens is 347 g/mol. The number of piperidine rings is 1. The molecule has 0 aliphatic carbocycles. The molecule has 3 rings (SSSR count). The first-order valence-electron chi connectivity index (χ1n) is 9.17. The lowest BCUT2D eigenvalue weighted by Crippen LogP contribution is -2.48. The van der Waals surface area contributed by atoms with E-state index >= 15 is 0 Å². The van der Waals surface area contributed by atoms with Crippen LogP contribution in [0.5, 0.6) is 5.75 Å². The van der Waals surface area contributed by atoms with Crippen LogP contribution in [0.3, 0.4) is 0 Å². The number of aliphatic hydroxyl groups excluding tert-OH is 1. The van der Waals surface area contributed by atoms with Gasteiger partial charge in [-0.2, -0.15) is 0 Å². The van der Waals surface area contributed by atoms with Gasteiger partial charge in [-0.15, -0.1) is 0 Å². The smallest absolute Gasteiger partial charge is 0.317 e. The summed E-state index contributed by atoms with van der Waals surface area (Å²) in [5.74, 6) is 0.454. The number of halogens is 1. The highest BCUT2D eigenvalue weighted by atomic mass is 19.1. The SMILES string of the molecule is COc1ccc([C@@H](Cc2ccc(F)cc2)NC(=O)N2CCC[C@@H](O)C2)cc1. The second kappa shape index (κ2) is 8.86. The van der Waals surface area contributed by atoms with Crippen LogP contribution in [0.25, 0.3) is 0 Å². The Labute approximate surface area is 158 Å². The van der Waals surface area contributed by atoms with Gasteiger partial charge >= 0.3 is 6.03 Å². The van der Waals surface area contributed by atoms with Gasteiger partial charge in [-0.3, -0.25) is 0 Å². The maximum Gasteiger partial charge on any atom is 0.317 e. The number of likely N-dealkylation sites (tertiary alicyclic amines) is 1. The zero-order chi connectivity index (χ0) is 19.2. The summed E-state index contributed by atoms with van der Waals surface area (Å²) in [7, 11) is 1.61. The summed E-state index contributed by atoms with van der Waals surface area (Å²) in [6.07, 6.45) is 1.58. The third-order valence-corrected chi connectivity index (χ3v) is 4.85. The van der Waals surface area contributed by atoms with Crippen molar-refractivity contribution in [2.45, 2.75) is 31.4 Å². The molecule has 2 amide bonds. The van der Waals surface area contributed by atoms with Crippen molar-refractivity contribution in [2.24, 2.45) is 0 Å². The molecule has 2 aromatic rings. The minimum absolute atomic E-state index is 0.198. The molecule has 2 aromatic carbocycles. The van der Waals surface area contributed by atoms with E-state index in [1.807, 2.05) is 24.3 Å². The van der Waals surface area contributed by atoms with Crippen molar-refractivity contribution < 1.29 is 19.0 Å². The molecule has 27 heavy (non-hydrogen) atoms. The summed E-state index contributed by atoms with van der Waals surface area (Å²) in [4.78, 5) is 14.4. The molecule has 144 valence electrons. The van der Waals surface area contributed by atoms with Crippen LogP contribution in [0.4, 0.5) is 9.18 Å². The molecule has 1 heterocycles. The van der Waals surface area contributed by atoms with Crippen LogP contribution in [0.2, 0.25) is 0 Å². The topological polar surface area (TPSA) is 61.8 Å². The fraction of sp³-hybridized carbons (Fsp3) is 0.381. The molecule has 1 aliphatic rings. The van der Waals surface area contributed by atoms with Crippen molar-refractivity contribution in [3.8, 4) is 5.75 Å². The van der Waals surface area contributed by atoms with E-state index in [4.69, 9.17) is 4.74 Å². The summed E-state index contributed by atoms with van der Waals surface area (Å²) in [6, 6.07) is 13.4. The van der Waals surface area contributed by atoms with Gasteiger partial charge in [0.1, 0.15) is 11.6 Å². The molecule has 1 saturated heterocycles. The Morgan fingerprint density at radius 1 is 1.26 bits per heavy atom. The van der Waals surface area contributed by atoms with Crippen molar-refractivity contribution in [1.82, 2.24) is 10.2 Å². The number of hydrogen-bond donors (Lipinski definition) is 2. The minimum atomic E-state index is -0.471. The van der Waals surface area contributed by atoms with Crippen molar-refractivity contribution in [2.75, 3.05) is 20.2 Å². The molecule has 2 N–H and O–H groups in total. The number of carbonyl (C=O) groups excluding carboxylic acids is 1. The van der Waals surface area contributed by atoms with Crippen LogP contribution < -0.4 is 10.1 Å². The van der Waals surface area contributed by atoms with E-state index < -0.39 is 6.10 Å². The first-order chi connectivity index (χ1) is 13.0. The lowest BCUT2D eigenvalue weighted by molar-refractivity contribution is 0.0833. The molecule has 0 bridgehead atoms. The summed E-state index contributed by atoms with van der Waals surface area (Å²) >= 11 is 0. The van der Waals surface area contributed by atoms with Gasteiger partial charge in [-0.1, -0.05) is 24.3 Å². The quantitative estimate of drug-likeness (QED) is 0.847. The molecule has 0 spiro atoms. The summed E-state index contributed by atoms with van der Waals surface area (Å²) in [6.45, 7) is 0.979. The molecule has 0 radical (unpaired) electrons. The maximum atomic E-state index is 13.2. The number of aliphatic hydroxyl groups is 1. The van der Waals surface area contributed by atoms with E-state index in [1.54, 1.807) is 24.1 Å². The van der Waals surface area contributed by atoms with Crippen LogP contribution in [-0.4, -0.2) is 42.3 Å². The Morgan fingerprint density at radius 2 is 1.96 bits per heavy atom. The molecule has 0 saturated carbocycles. The number of amides is 2. The number of nitrogens with one attached hydrogen (secondary N) is 1. The summed E-state index contributed by atoms with van der Waals surface area (Å²) in [5, 5.41) is 12.9. The summed E-state index contributed by atoms with van der Waals surface area (Å²) < 4.78 is 18.4. The van der Waals surface area contributed by atoms with E-state index in [1.165, 1.54) is 12.1 Å². The van der Waals surface area contributed by atoms with Gasteiger partial charge < -0.3 is 20.1 Å². The Balaban J connectivity index is 1.77. The molecule has 1 fully saturated rings. The minimum Gasteiger partial charge on any atom is -0.497 e. The Bertz CT molecular complexity index is 749. The van der Waals surface area contributed by atoms with Gasteiger partial charge in [0.2, 0.25) is 0 Å². The molecule has 1 aliphatic heterocycles. The van der Waals surface area contributed by atoms with Gasteiger partial charge in [-0.05, 0) is 54.7 Å². The largest absolute Gasteiger partial charge is 0.497 e. The first kappa shape index (κ1) is 19.2. The van der Waals surface area contributed by atoms with Crippen molar-refractivity contribution in [3.05, 3.63) is 65.5 Å². The number of β-amino-alcohol motifs (C(OH)–C–C–N with tert-alkyl or cyclic N) is 1. The van der Waals surface area contributed by atoms with Crippen LogP contribution in [0, 0.1) is 5.82 Å². The average molecular weight is 372 g/mol. The number of hydrogen-bond acceptors (Lipinski definition) is 3. The third-order valence-electron chi connectivity index (χ3n) is 4.85. The fourth-order valence-corrected chi connectivity index (χ4v) is 3.32. The lowest BCUT2D eigenvalue weighted by atomic mass is 9.98. The average Bonchev–Trinajstić information content (AvgIpc) is 2.69. The highest BCUT2D eigenvalue weighted by molar-refractivity contribution is 5.75. The normalized spacial score (nSPS) is 18.0. The third kappa shape index (κ3) is 5.20. The monoisotopic (exact) mass is 372 g/mol. The van der Waals surface area contributed by atoms with Gasteiger partial charge in [-0.25, -0.2) is 9.18 Å². The zero-order valence-electron chi connectivity index (χ0n) is 15.4. The zero-order valence-corrected chi connectivity index (χ0v) is 15.4. The van der Waals surface area contributed by atoms with E-state index in [2.05, 4.69) is 5.32 Å². The molecule has 6 heteroatoms. The molecule has 0 unspecified atom stereocenters. The second-order valence-corrected chi connectivity index (χ2v) is 6.85. The van der Waals surface area contributed by atoms with Crippen LogP contribution >= 0.6 is 0 Å². The van der Waals surface area contributed by atoms with Gasteiger partial charge in [0.25, 0.3) is 0 Å². The first-order valence-corrected chi connectivity index (χ1v) is 9.17. The molecule has 5 nitrogen and oxygen atoms in total. The molecule has 0 aromatic heterocycles. The second-order valence-electron chi connectivity index (χ2n) is 6.85. The van der Waals surface area contributed by atoms with Gasteiger partial charge in [0.05, 0.1) is 19.3 Å². The Kier molecular flexibility index (Phi) is 6.29. The number of methoxy groups -OCH3 is 1. The highest BCUT2D eigenvalue weighted by Crippen LogP contribution is 2.22. The lowest BCUT2D eigenvalue weighted by Gasteiger charge is -2.32. The maximum absolute atomic E-state index is 13.2. The fourth-order valence-electron chi connectivity index (χ4n) is 3.32. The van der Waals surface area contributed by atoms with E-state index in [9.17, 15) is 14.3 Å². The number of urea groups is 1. The summed E-state index contributed by atoms with van der Waals surface area (Å²) in [5.41, 5.74) is 1.86. The number of benzene rings is 2. The van der Waals surface area contributed by atoms with Gasteiger partial charge in [0.15, 0.2) is 0 Å². The Morgan fingerprint density at radius 3 is 2.59 bits per heavy atom. The van der Waals surface area contributed by atoms with Crippen LogP contribution in [0.15, 0.2) is 48.5 Å². The number of rotatable bonds is 5. The molecular formula is C21H25FN2O3. The van der Waals surface area contributed by atoms with Crippen molar-refractivity contribution in [1.29, 1.82) is 0 Å². The van der Waals surface area contributed by atoms with Gasteiger partial charge in [0, 0.05) is 13.1 Å². The van der Waals surface area contributed by atoms with Crippen LogP contribution in [0.1, 0.15) is 30.0 Å². The number of carbonyl (C=O) groups is 1. The Hall–Kier alpha value is -2.60. The highest BCUT2D eigenvalue weighted by Gasteiger charge is 2.24. The van der Waals surface area contributed by atoms with Crippen LogP contribution in [-0.2, 0) is 6.42 Å². The van der Waals surface area contributed by atoms with Crippen molar-refractivity contribution >= 4 is 6.03 Å². The predicted octanol–water partition coefficient (Wildman–Crippen LogP) is 3.28. The predicted molar refractivity (Wildman–Crippen MR) is 101 cm³/mol. The number of ether oxygens (including phenoxy) is 1. The van der Waals surface area contributed by atoms with E-state index in [0.717, 1.165) is 29.7 Å². The van der Waals surface area contributed by atoms with E-state index in [-0.39, 0.29) is 17.9 Å². The molecule has 2 atom stereocenters. The van der Waals surface area contributed by atoms with E-state index in [0.29, 0.717) is 19.5 Å². The van der Waals surface area contributed by atoms with Crippen molar-refractivity contribution in [3.63, 3.8) is 0 Å². The number of nitrogens with zero attached hydrogens (tertiary/aromatic N) is 1.